The van der Waals surface area contributed by atoms with E-state index in [0.29, 0.717) is 31.0 Å². The fraction of sp³-hybridized carbons (Fsp3) is 0.462. The number of hydrogen-bond acceptors (Lipinski definition) is 2. The Bertz CT molecular complexity index is 1080. The van der Waals surface area contributed by atoms with Gasteiger partial charge in [0.1, 0.15) is 11.9 Å². The number of amides is 2. The molecule has 0 aromatic heterocycles. The van der Waals surface area contributed by atoms with Crippen molar-refractivity contribution in [1.82, 2.24) is 10.2 Å². The lowest BCUT2D eigenvalue weighted by Crippen LogP contribution is -2.47. The molecule has 8 heteroatoms. The van der Waals surface area contributed by atoms with Gasteiger partial charge in [-0.2, -0.15) is 13.2 Å². The number of likely N-dealkylation sites (tertiary alicyclic amines) is 1. The summed E-state index contributed by atoms with van der Waals surface area (Å²) in [6, 6.07) is 8.34. The van der Waals surface area contributed by atoms with Gasteiger partial charge in [0.25, 0.3) is 5.91 Å². The first-order valence-corrected chi connectivity index (χ1v) is 11.6. The van der Waals surface area contributed by atoms with Crippen molar-refractivity contribution in [2.75, 3.05) is 6.54 Å². The van der Waals surface area contributed by atoms with E-state index in [-0.39, 0.29) is 23.3 Å². The van der Waals surface area contributed by atoms with Gasteiger partial charge in [-0.25, -0.2) is 4.39 Å². The van der Waals surface area contributed by atoms with Crippen molar-refractivity contribution in [2.45, 2.75) is 63.7 Å². The number of benzene rings is 2. The lowest BCUT2D eigenvalue weighted by molar-refractivity contribution is -0.137. The third kappa shape index (κ3) is 5.10. The summed E-state index contributed by atoms with van der Waals surface area (Å²) in [6.45, 7) is 4.51. The summed E-state index contributed by atoms with van der Waals surface area (Å²) in [4.78, 5) is 28.0. The van der Waals surface area contributed by atoms with Crippen LogP contribution in [0.15, 0.2) is 42.5 Å². The molecule has 2 fully saturated rings. The van der Waals surface area contributed by atoms with Crippen molar-refractivity contribution >= 4 is 11.8 Å². The van der Waals surface area contributed by atoms with Crippen LogP contribution in [0, 0.1) is 11.7 Å². The SMILES string of the molecule is CC(C)c1cccc(C(=O)N2CCC[C@@H]2C(=O)N[C@@H](c2ccc(C(F)(F)F)cc2F)C2CC2)c1. The molecule has 1 heterocycles. The standard InChI is InChI=1S/C26H28F4N2O2/c1-15(2)17-5-3-6-18(13-17)25(34)32-12-4-7-22(32)24(33)31-23(16-8-9-16)20-11-10-19(14-21(20)27)26(28,29)30/h3,5-6,10-11,13-16,22-23H,4,7-9,12H2,1-2H3,(H,31,33)/t22-,23-/m1/s1. The van der Waals surface area contributed by atoms with E-state index < -0.39 is 35.5 Å². The third-order valence-electron chi connectivity index (χ3n) is 6.67. The van der Waals surface area contributed by atoms with Crippen LogP contribution in [0.5, 0.6) is 0 Å². The summed E-state index contributed by atoms with van der Waals surface area (Å²) < 4.78 is 53.5. The molecule has 2 aromatic carbocycles. The molecule has 0 bridgehead atoms. The second-order valence-corrected chi connectivity index (χ2v) is 9.49. The average molecular weight is 477 g/mol. The average Bonchev–Trinajstić information content (AvgIpc) is 3.51. The number of rotatable bonds is 6. The number of nitrogens with zero attached hydrogens (tertiary/aromatic N) is 1. The minimum Gasteiger partial charge on any atom is -0.347 e. The molecule has 2 atom stereocenters. The molecule has 4 rings (SSSR count). The van der Waals surface area contributed by atoms with Crippen LogP contribution in [-0.2, 0) is 11.0 Å². The highest BCUT2D eigenvalue weighted by atomic mass is 19.4. The monoisotopic (exact) mass is 476 g/mol. The van der Waals surface area contributed by atoms with Crippen LogP contribution in [0.25, 0.3) is 0 Å². The second kappa shape index (κ2) is 9.39. The van der Waals surface area contributed by atoms with Gasteiger partial charge in [0.2, 0.25) is 5.91 Å². The number of carbonyl (C=O) groups is 2. The van der Waals surface area contributed by atoms with Crippen molar-refractivity contribution in [1.29, 1.82) is 0 Å². The van der Waals surface area contributed by atoms with Gasteiger partial charge in [-0.1, -0.05) is 32.0 Å². The zero-order valence-corrected chi connectivity index (χ0v) is 19.2. The Morgan fingerprint density at radius 3 is 2.41 bits per heavy atom. The van der Waals surface area contributed by atoms with Crippen LogP contribution >= 0.6 is 0 Å². The molecule has 4 nitrogen and oxygen atoms in total. The fourth-order valence-corrected chi connectivity index (χ4v) is 4.56. The van der Waals surface area contributed by atoms with Gasteiger partial charge in [-0.15, -0.1) is 0 Å². The predicted octanol–water partition coefficient (Wildman–Crippen LogP) is 5.84. The van der Waals surface area contributed by atoms with E-state index in [9.17, 15) is 27.2 Å². The van der Waals surface area contributed by atoms with E-state index in [0.717, 1.165) is 30.5 Å². The second-order valence-electron chi connectivity index (χ2n) is 9.49. The molecule has 1 saturated carbocycles. The van der Waals surface area contributed by atoms with Gasteiger partial charge >= 0.3 is 6.18 Å². The first kappa shape index (κ1) is 24.2. The maximum atomic E-state index is 14.7. The summed E-state index contributed by atoms with van der Waals surface area (Å²) in [5.41, 5.74) is 0.520. The van der Waals surface area contributed by atoms with Crippen LogP contribution < -0.4 is 5.32 Å². The molecule has 2 amide bonds. The molecule has 34 heavy (non-hydrogen) atoms. The molecule has 182 valence electrons. The number of nitrogens with one attached hydrogen (secondary N) is 1. The molecular weight excluding hydrogens is 448 g/mol. The van der Waals surface area contributed by atoms with Gasteiger partial charge < -0.3 is 10.2 Å². The van der Waals surface area contributed by atoms with Crippen molar-refractivity contribution in [3.63, 3.8) is 0 Å². The zero-order chi connectivity index (χ0) is 24.6. The van der Waals surface area contributed by atoms with E-state index in [1.54, 1.807) is 11.0 Å². The molecule has 0 radical (unpaired) electrons. The zero-order valence-electron chi connectivity index (χ0n) is 19.2. The van der Waals surface area contributed by atoms with E-state index in [2.05, 4.69) is 5.32 Å². The first-order chi connectivity index (χ1) is 16.1. The van der Waals surface area contributed by atoms with Crippen LogP contribution in [0.3, 0.4) is 0 Å². The van der Waals surface area contributed by atoms with E-state index >= 15 is 0 Å². The molecule has 1 saturated heterocycles. The Balaban J connectivity index is 1.52. The summed E-state index contributed by atoms with van der Waals surface area (Å²) in [6.07, 6.45) is -2.00. The van der Waals surface area contributed by atoms with Gasteiger partial charge in [0, 0.05) is 17.7 Å². The Kier molecular flexibility index (Phi) is 6.69. The molecule has 1 aliphatic carbocycles. The molecule has 1 N–H and O–H groups in total. The normalized spacial score (nSPS) is 19.4. The summed E-state index contributed by atoms with van der Waals surface area (Å²) in [5, 5.41) is 2.85. The van der Waals surface area contributed by atoms with Gasteiger partial charge in [-0.05, 0) is 67.3 Å². The smallest absolute Gasteiger partial charge is 0.347 e. The van der Waals surface area contributed by atoms with Crippen molar-refractivity contribution < 1.29 is 27.2 Å². The maximum absolute atomic E-state index is 14.7. The van der Waals surface area contributed by atoms with Crippen LogP contribution in [-0.4, -0.2) is 29.3 Å². The highest BCUT2D eigenvalue weighted by molar-refractivity contribution is 5.98. The van der Waals surface area contributed by atoms with Crippen molar-refractivity contribution in [2.24, 2.45) is 5.92 Å². The topological polar surface area (TPSA) is 49.4 Å². The number of alkyl halides is 3. The van der Waals surface area contributed by atoms with Gasteiger partial charge in [-0.3, -0.25) is 9.59 Å². The Labute approximate surface area is 196 Å². The Morgan fingerprint density at radius 2 is 1.79 bits per heavy atom. The largest absolute Gasteiger partial charge is 0.416 e. The lowest BCUT2D eigenvalue weighted by atomic mass is 9.99. The molecule has 1 aliphatic heterocycles. The summed E-state index contributed by atoms with van der Waals surface area (Å²) in [7, 11) is 0. The third-order valence-corrected chi connectivity index (χ3v) is 6.67. The highest BCUT2D eigenvalue weighted by Crippen LogP contribution is 2.43. The van der Waals surface area contributed by atoms with Crippen LogP contribution in [0.4, 0.5) is 17.6 Å². The quantitative estimate of drug-likeness (QED) is 0.533. The van der Waals surface area contributed by atoms with E-state index in [1.807, 2.05) is 32.0 Å². The van der Waals surface area contributed by atoms with Crippen molar-refractivity contribution in [3.05, 3.63) is 70.5 Å². The number of hydrogen-bond donors (Lipinski definition) is 1. The molecule has 0 unspecified atom stereocenters. The van der Waals surface area contributed by atoms with Gasteiger partial charge in [0.05, 0.1) is 11.6 Å². The van der Waals surface area contributed by atoms with E-state index in [1.165, 1.54) is 0 Å². The predicted molar refractivity (Wildman–Crippen MR) is 120 cm³/mol. The minimum absolute atomic E-state index is 0.0385. The number of halogens is 4. The number of carbonyl (C=O) groups excluding carboxylic acids is 2. The lowest BCUT2D eigenvalue weighted by Gasteiger charge is -2.27. The maximum Gasteiger partial charge on any atom is 0.416 e. The Hall–Kier alpha value is -2.90. The summed E-state index contributed by atoms with van der Waals surface area (Å²) >= 11 is 0. The fourth-order valence-electron chi connectivity index (χ4n) is 4.56. The molecule has 2 aromatic rings. The minimum atomic E-state index is -4.64. The molecule has 2 aliphatic rings. The van der Waals surface area contributed by atoms with Crippen molar-refractivity contribution in [3.8, 4) is 0 Å². The highest BCUT2D eigenvalue weighted by Gasteiger charge is 2.40. The first-order valence-electron chi connectivity index (χ1n) is 11.6. The van der Waals surface area contributed by atoms with Crippen LogP contribution in [0.1, 0.15) is 78.5 Å². The van der Waals surface area contributed by atoms with E-state index in [4.69, 9.17) is 0 Å². The van der Waals surface area contributed by atoms with Crippen LogP contribution in [0.2, 0.25) is 0 Å². The molecule has 0 spiro atoms. The summed E-state index contributed by atoms with van der Waals surface area (Å²) in [5.74, 6) is -1.41. The Morgan fingerprint density at radius 1 is 1.06 bits per heavy atom. The van der Waals surface area contributed by atoms with Gasteiger partial charge in [0.15, 0.2) is 0 Å². The molecular formula is C26H28F4N2O2.